The van der Waals surface area contributed by atoms with Crippen LogP contribution in [0.5, 0.6) is 0 Å². The summed E-state index contributed by atoms with van der Waals surface area (Å²) in [4.78, 5) is 21.3. The topological polar surface area (TPSA) is 81.2 Å². The first-order valence-corrected chi connectivity index (χ1v) is 7.86. The number of hydrogen-bond acceptors (Lipinski definition) is 5. The normalized spacial score (nSPS) is 17.5. The third kappa shape index (κ3) is 3.64. The van der Waals surface area contributed by atoms with E-state index in [9.17, 15) is 9.90 Å². The molecule has 6 heteroatoms. The van der Waals surface area contributed by atoms with Crippen molar-refractivity contribution in [1.29, 1.82) is 0 Å². The molecule has 2 aromatic rings. The van der Waals surface area contributed by atoms with E-state index in [1.165, 1.54) is 19.3 Å². The molecule has 3 N–H and O–H groups in total. The van der Waals surface area contributed by atoms with Gasteiger partial charge in [-0.1, -0.05) is 18.6 Å². The molecule has 0 saturated carbocycles. The molecule has 1 fully saturated rings. The fourth-order valence-corrected chi connectivity index (χ4v) is 2.89. The number of fused-ring (bicyclic) bond motifs is 1. The molecule has 0 spiro atoms. The molecule has 1 saturated heterocycles. The van der Waals surface area contributed by atoms with Gasteiger partial charge in [0.15, 0.2) is 0 Å². The van der Waals surface area contributed by atoms with Gasteiger partial charge in [0.1, 0.15) is 0 Å². The average Bonchev–Trinajstić information content (AvgIpc) is 2.54. The molecule has 3 rings (SSSR count). The lowest BCUT2D eigenvalue weighted by Crippen LogP contribution is -2.39. The fraction of sp³-hybridized carbons (Fsp3) is 0.500. The van der Waals surface area contributed by atoms with Crippen LogP contribution in [-0.4, -0.2) is 52.3 Å². The second-order valence-electron chi connectivity index (χ2n) is 5.83. The lowest BCUT2D eigenvalue weighted by atomic mass is 10.1. The van der Waals surface area contributed by atoms with Crippen molar-refractivity contribution >= 4 is 16.9 Å². The van der Waals surface area contributed by atoms with Crippen LogP contribution in [0.15, 0.2) is 29.1 Å². The van der Waals surface area contributed by atoms with Crippen LogP contribution >= 0.6 is 0 Å². The lowest BCUT2D eigenvalue weighted by Gasteiger charge is -2.28. The number of para-hydroxylation sites is 1. The van der Waals surface area contributed by atoms with E-state index in [-0.39, 0.29) is 5.56 Å². The molecule has 0 radical (unpaired) electrons. The Morgan fingerprint density at radius 1 is 1.27 bits per heavy atom. The molecule has 0 aliphatic carbocycles. The Morgan fingerprint density at radius 3 is 2.86 bits per heavy atom. The Labute approximate surface area is 129 Å². The van der Waals surface area contributed by atoms with Gasteiger partial charge in [-0.3, -0.25) is 9.78 Å². The molecule has 1 aliphatic heterocycles. The van der Waals surface area contributed by atoms with Crippen LogP contribution in [0.25, 0.3) is 10.9 Å². The van der Waals surface area contributed by atoms with Gasteiger partial charge in [-0.05, 0) is 38.1 Å². The Bertz CT molecular complexity index is 679. The highest BCUT2D eigenvalue weighted by molar-refractivity contribution is 5.78. The molecular weight excluding hydrogens is 280 g/mol. The van der Waals surface area contributed by atoms with Crippen molar-refractivity contribution in [3.05, 3.63) is 34.6 Å². The SMILES string of the molecule is O=c1[nH]c(NC[C@H](O)CN2CCCCC2)nc2ccccc12. The number of nitrogens with zero attached hydrogens (tertiary/aromatic N) is 2. The maximum Gasteiger partial charge on any atom is 0.260 e. The first-order valence-electron chi connectivity index (χ1n) is 7.86. The van der Waals surface area contributed by atoms with E-state index in [4.69, 9.17) is 0 Å². The highest BCUT2D eigenvalue weighted by Crippen LogP contribution is 2.10. The second kappa shape index (κ2) is 6.89. The van der Waals surface area contributed by atoms with Crippen molar-refractivity contribution in [2.45, 2.75) is 25.4 Å². The average molecular weight is 302 g/mol. The summed E-state index contributed by atoms with van der Waals surface area (Å²) >= 11 is 0. The van der Waals surface area contributed by atoms with Gasteiger partial charge in [-0.15, -0.1) is 0 Å². The minimum atomic E-state index is -0.477. The molecule has 6 nitrogen and oxygen atoms in total. The van der Waals surface area contributed by atoms with Gasteiger partial charge in [0.2, 0.25) is 5.95 Å². The van der Waals surface area contributed by atoms with Gasteiger partial charge >= 0.3 is 0 Å². The van der Waals surface area contributed by atoms with E-state index in [0.717, 1.165) is 13.1 Å². The standard InChI is InChI=1S/C16H22N4O2/c21-12(11-20-8-4-1-5-9-20)10-17-16-18-14-7-3-2-6-13(14)15(22)19-16/h2-3,6-7,12,21H,1,4-5,8-11H2,(H2,17,18,19,22)/t12-/m0/s1. The van der Waals surface area contributed by atoms with Gasteiger partial charge in [-0.25, -0.2) is 4.98 Å². The quantitative estimate of drug-likeness (QED) is 0.773. The molecule has 1 aromatic carbocycles. The van der Waals surface area contributed by atoms with Crippen molar-refractivity contribution in [1.82, 2.24) is 14.9 Å². The number of likely N-dealkylation sites (tertiary alicyclic amines) is 1. The van der Waals surface area contributed by atoms with Crippen molar-refractivity contribution in [2.75, 3.05) is 31.5 Å². The summed E-state index contributed by atoms with van der Waals surface area (Å²) in [6.45, 7) is 3.15. The molecule has 1 aromatic heterocycles. The number of piperidine rings is 1. The number of benzene rings is 1. The maximum atomic E-state index is 12.0. The summed E-state index contributed by atoms with van der Waals surface area (Å²) in [7, 11) is 0. The van der Waals surface area contributed by atoms with E-state index in [2.05, 4.69) is 20.2 Å². The summed E-state index contributed by atoms with van der Waals surface area (Å²) in [6, 6.07) is 7.22. The molecule has 0 unspecified atom stereocenters. The number of rotatable bonds is 5. The predicted octanol–water partition coefficient (Wildman–Crippen LogP) is 1.18. The van der Waals surface area contributed by atoms with Gasteiger partial charge in [0.05, 0.1) is 17.0 Å². The van der Waals surface area contributed by atoms with E-state index < -0.39 is 6.10 Å². The van der Waals surface area contributed by atoms with Crippen LogP contribution in [0.2, 0.25) is 0 Å². The molecule has 118 valence electrons. The van der Waals surface area contributed by atoms with E-state index in [1.807, 2.05) is 12.1 Å². The summed E-state index contributed by atoms with van der Waals surface area (Å²) in [5.41, 5.74) is 0.484. The van der Waals surface area contributed by atoms with E-state index in [1.54, 1.807) is 12.1 Å². The third-order valence-electron chi connectivity index (χ3n) is 4.04. The summed E-state index contributed by atoms with van der Waals surface area (Å²) < 4.78 is 0. The van der Waals surface area contributed by atoms with Crippen molar-refractivity contribution in [2.24, 2.45) is 0 Å². The fourth-order valence-electron chi connectivity index (χ4n) is 2.89. The number of nitrogens with one attached hydrogen (secondary N) is 2. The predicted molar refractivity (Wildman–Crippen MR) is 87.2 cm³/mol. The number of aromatic amines is 1. The van der Waals surface area contributed by atoms with Crippen LogP contribution in [0.1, 0.15) is 19.3 Å². The molecule has 0 amide bonds. The summed E-state index contributed by atoms with van der Waals surface area (Å²) in [5, 5.41) is 13.7. The molecule has 0 bridgehead atoms. The summed E-state index contributed by atoms with van der Waals surface area (Å²) in [6.07, 6.45) is 3.22. The number of hydrogen-bond donors (Lipinski definition) is 3. The smallest absolute Gasteiger partial charge is 0.260 e. The Kier molecular flexibility index (Phi) is 4.70. The number of aromatic nitrogens is 2. The Balaban J connectivity index is 1.60. The van der Waals surface area contributed by atoms with Crippen LogP contribution in [-0.2, 0) is 0 Å². The summed E-state index contributed by atoms with van der Waals surface area (Å²) in [5.74, 6) is 0.404. The van der Waals surface area contributed by atoms with Crippen LogP contribution in [0.4, 0.5) is 5.95 Å². The largest absolute Gasteiger partial charge is 0.390 e. The molecule has 1 aliphatic rings. The van der Waals surface area contributed by atoms with Gasteiger partial charge in [0, 0.05) is 13.1 Å². The van der Waals surface area contributed by atoms with E-state index >= 15 is 0 Å². The Hall–Kier alpha value is -1.92. The van der Waals surface area contributed by atoms with Crippen molar-refractivity contribution in [3.8, 4) is 0 Å². The number of H-pyrrole nitrogens is 1. The van der Waals surface area contributed by atoms with Crippen LogP contribution < -0.4 is 10.9 Å². The van der Waals surface area contributed by atoms with Gasteiger partial charge in [-0.2, -0.15) is 0 Å². The minimum Gasteiger partial charge on any atom is -0.390 e. The molecule has 2 heterocycles. The number of aliphatic hydroxyl groups is 1. The number of aliphatic hydroxyl groups excluding tert-OH is 1. The highest BCUT2D eigenvalue weighted by Gasteiger charge is 2.14. The first-order chi connectivity index (χ1) is 10.7. The lowest BCUT2D eigenvalue weighted by molar-refractivity contribution is 0.109. The molecule has 1 atom stereocenters. The van der Waals surface area contributed by atoms with Gasteiger partial charge < -0.3 is 15.3 Å². The van der Waals surface area contributed by atoms with Crippen LogP contribution in [0.3, 0.4) is 0 Å². The molecular formula is C16H22N4O2. The second-order valence-corrected chi connectivity index (χ2v) is 5.83. The number of anilines is 1. The monoisotopic (exact) mass is 302 g/mol. The first kappa shape index (κ1) is 15.0. The zero-order chi connectivity index (χ0) is 15.4. The van der Waals surface area contributed by atoms with Gasteiger partial charge in [0.25, 0.3) is 5.56 Å². The Morgan fingerprint density at radius 2 is 2.05 bits per heavy atom. The zero-order valence-electron chi connectivity index (χ0n) is 12.6. The van der Waals surface area contributed by atoms with Crippen LogP contribution in [0, 0.1) is 0 Å². The number of β-amino-alcohol motifs (C(OH)–C–C–N with tert-alkyl or cyclic N) is 1. The van der Waals surface area contributed by atoms with Crippen molar-refractivity contribution in [3.63, 3.8) is 0 Å². The maximum absolute atomic E-state index is 12.0. The minimum absolute atomic E-state index is 0.168. The molecule has 22 heavy (non-hydrogen) atoms. The third-order valence-corrected chi connectivity index (χ3v) is 4.04. The van der Waals surface area contributed by atoms with E-state index in [0.29, 0.717) is 29.9 Å². The highest BCUT2D eigenvalue weighted by atomic mass is 16.3. The zero-order valence-corrected chi connectivity index (χ0v) is 12.6. The van der Waals surface area contributed by atoms with Crippen molar-refractivity contribution < 1.29 is 5.11 Å².